The Balaban J connectivity index is 1.01. The maximum atomic E-state index is 13.3. The first-order valence-corrected chi connectivity index (χ1v) is 13.1. The molecular formula is C28H35N5O. The van der Waals surface area contributed by atoms with Gasteiger partial charge in [0.15, 0.2) is 0 Å². The highest BCUT2D eigenvalue weighted by Crippen LogP contribution is 2.61. The zero-order valence-electron chi connectivity index (χ0n) is 20.0. The summed E-state index contributed by atoms with van der Waals surface area (Å²) in [6.45, 7) is 3.20. The summed E-state index contributed by atoms with van der Waals surface area (Å²) in [6.07, 6.45) is 13.8. The number of aromatic nitrogens is 2. The molecule has 2 heterocycles. The first-order chi connectivity index (χ1) is 16.6. The molecule has 34 heavy (non-hydrogen) atoms. The zero-order chi connectivity index (χ0) is 23.1. The van der Waals surface area contributed by atoms with E-state index in [1.807, 2.05) is 36.8 Å². The Morgan fingerprint density at radius 3 is 2.50 bits per heavy atom. The third kappa shape index (κ3) is 4.38. The largest absolute Gasteiger partial charge is 0.341 e. The molecule has 2 aromatic rings. The number of imidazole rings is 1. The molecule has 178 valence electrons. The van der Waals surface area contributed by atoms with E-state index < -0.39 is 0 Å². The fourth-order valence-corrected chi connectivity index (χ4v) is 7.86. The molecule has 6 nitrogen and oxygen atoms in total. The number of amides is 1. The molecule has 4 bridgehead atoms. The lowest BCUT2D eigenvalue weighted by Crippen LogP contribution is -2.48. The van der Waals surface area contributed by atoms with Crippen molar-refractivity contribution in [2.45, 2.75) is 70.5 Å². The predicted molar refractivity (Wildman–Crippen MR) is 130 cm³/mol. The molecule has 1 aliphatic heterocycles. The number of nitrogens with one attached hydrogen (secondary N) is 1. The molecule has 4 aliphatic carbocycles. The summed E-state index contributed by atoms with van der Waals surface area (Å²) >= 11 is 0. The number of carbonyl (C=O) groups is 1. The van der Waals surface area contributed by atoms with Gasteiger partial charge in [-0.05, 0) is 85.8 Å². The maximum absolute atomic E-state index is 13.3. The van der Waals surface area contributed by atoms with Gasteiger partial charge in [-0.25, -0.2) is 4.98 Å². The Morgan fingerprint density at radius 2 is 1.82 bits per heavy atom. The first-order valence-electron chi connectivity index (χ1n) is 13.1. The van der Waals surface area contributed by atoms with E-state index in [9.17, 15) is 4.79 Å². The minimum Gasteiger partial charge on any atom is -0.341 e. The Hall–Kier alpha value is -2.65. The van der Waals surface area contributed by atoms with Crippen molar-refractivity contribution in [1.82, 2.24) is 19.8 Å². The minimum atomic E-state index is 0.329. The molecule has 1 aromatic carbocycles. The number of carbonyl (C=O) groups excluding carboxylic acids is 1. The average molecular weight is 458 g/mol. The molecular weight excluding hydrogens is 422 g/mol. The van der Waals surface area contributed by atoms with Crippen molar-refractivity contribution in [3.05, 3.63) is 53.6 Å². The molecule has 7 rings (SSSR count). The predicted octanol–water partition coefficient (Wildman–Crippen LogP) is 4.10. The van der Waals surface area contributed by atoms with Crippen molar-refractivity contribution in [2.24, 2.45) is 23.2 Å². The molecule has 6 heteroatoms. The van der Waals surface area contributed by atoms with Crippen molar-refractivity contribution in [3.8, 4) is 6.07 Å². The lowest BCUT2D eigenvalue weighted by molar-refractivity contribution is -0.138. The van der Waals surface area contributed by atoms with Gasteiger partial charge in [-0.1, -0.05) is 12.1 Å². The molecule has 0 unspecified atom stereocenters. The van der Waals surface area contributed by atoms with Gasteiger partial charge < -0.3 is 14.8 Å². The summed E-state index contributed by atoms with van der Waals surface area (Å²) < 4.78 is 2.15. The van der Waals surface area contributed by atoms with E-state index in [0.29, 0.717) is 22.9 Å². The first kappa shape index (κ1) is 21.9. The van der Waals surface area contributed by atoms with Gasteiger partial charge in [0.05, 0.1) is 23.7 Å². The summed E-state index contributed by atoms with van der Waals surface area (Å²) in [5.74, 6) is 3.11. The number of nitriles is 1. The number of nitrogens with zero attached hydrogens (tertiary/aromatic N) is 4. The van der Waals surface area contributed by atoms with Crippen LogP contribution in [0.5, 0.6) is 0 Å². The standard InChI is InChI=1S/C28H35N5O/c29-14-20-1-3-21(4-2-20)17-33-19-30-15-26(33)16-31-25-5-6-32(18-25)27(34)13-28-10-22-7-23(11-28)9-24(8-22)12-28/h1-4,15,19,22-25,31H,5-13,16-18H2/t22?,23?,24?,25-,28?/m0/s1. The minimum absolute atomic E-state index is 0.329. The van der Waals surface area contributed by atoms with Crippen molar-refractivity contribution < 1.29 is 4.79 Å². The van der Waals surface area contributed by atoms with Crippen LogP contribution in [0.3, 0.4) is 0 Å². The lowest BCUT2D eigenvalue weighted by Gasteiger charge is -2.56. The van der Waals surface area contributed by atoms with Crippen LogP contribution in [0, 0.1) is 34.5 Å². The second kappa shape index (κ2) is 8.85. The lowest BCUT2D eigenvalue weighted by atomic mass is 9.49. The van der Waals surface area contributed by atoms with Gasteiger partial charge in [0.2, 0.25) is 5.91 Å². The van der Waals surface area contributed by atoms with Crippen LogP contribution in [-0.4, -0.2) is 39.5 Å². The molecule has 1 atom stereocenters. The van der Waals surface area contributed by atoms with Crippen LogP contribution in [0.1, 0.15) is 68.2 Å². The molecule has 1 N–H and O–H groups in total. The molecule has 1 amide bonds. The summed E-state index contributed by atoms with van der Waals surface area (Å²) in [5.41, 5.74) is 3.30. The van der Waals surface area contributed by atoms with Crippen LogP contribution in [0.2, 0.25) is 0 Å². The number of likely N-dealkylation sites (tertiary alicyclic amines) is 1. The van der Waals surface area contributed by atoms with Crippen LogP contribution < -0.4 is 5.32 Å². The number of benzene rings is 1. The highest BCUT2D eigenvalue weighted by molar-refractivity contribution is 5.77. The van der Waals surface area contributed by atoms with Gasteiger partial charge in [0.25, 0.3) is 0 Å². The summed E-state index contributed by atoms with van der Waals surface area (Å²) in [4.78, 5) is 19.8. The van der Waals surface area contributed by atoms with Crippen molar-refractivity contribution in [2.75, 3.05) is 13.1 Å². The third-order valence-electron chi connectivity index (χ3n) is 9.04. The van der Waals surface area contributed by atoms with E-state index in [1.165, 1.54) is 38.5 Å². The molecule has 1 saturated heterocycles. The van der Waals surface area contributed by atoms with Crippen LogP contribution in [0.25, 0.3) is 0 Å². The summed E-state index contributed by atoms with van der Waals surface area (Å²) in [7, 11) is 0. The van der Waals surface area contributed by atoms with E-state index >= 15 is 0 Å². The summed E-state index contributed by atoms with van der Waals surface area (Å²) in [5, 5.41) is 12.7. The van der Waals surface area contributed by atoms with Crippen LogP contribution >= 0.6 is 0 Å². The van der Waals surface area contributed by atoms with Crippen LogP contribution in [0.4, 0.5) is 0 Å². The highest BCUT2D eigenvalue weighted by atomic mass is 16.2. The van der Waals surface area contributed by atoms with E-state index in [2.05, 4.69) is 25.8 Å². The maximum Gasteiger partial charge on any atom is 0.223 e. The molecule has 5 aliphatic rings. The fourth-order valence-electron chi connectivity index (χ4n) is 7.86. The van der Waals surface area contributed by atoms with Gasteiger partial charge in [-0.3, -0.25) is 4.79 Å². The Morgan fingerprint density at radius 1 is 1.12 bits per heavy atom. The Labute approximate surface area is 202 Å². The van der Waals surface area contributed by atoms with E-state index in [1.54, 1.807) is 0 Å². The molecule has 1 aromatic heterocycles. The average Bonchev–Trinajstić information content (AvgIpc) is 3.46. The third-order valence-corrected chi connectivity index (χ3v) is 9.04. The van der Waals surface area contributed by atoms with Crippen LogP contribution in [0.15, 0.2) is 36.8 Å². The summed E-state index contributed by atoms with van der Waals surface area (Å²) in [6, 6.07) is 10.2. The van der Waals surface area contributed by atoms with Crippen molar-refractivity contribution >= 4 is 5.91 Å². The van der Waals surface area contributed by atoms with Gasteiger partial charge in [0, 0.05) is 44.8 Å². The zero-order valence-corrected chi connectivity index (χ0v) is 20.0. The van der Waals surface area contributed by atoms with Gasteiger partial charge in [-0.2, -0.15) is 5.26 Å². The number of hydrogen-bond donors (Lipinski definition) is 1. The van der Waals surface area contributed by atoms with Crippen LogP contribution in [-0.2, 0) is 17.9 Å². The number of rotatable bonds is 7. The second-order valence-corrected chi connectivity index (χ2v) is 11.6. The van der Waals surface area contributed by atoms with Crippen molar-refractivity contribution in [3.63, 3.8) is 0 Å². The molecule has 4 saturated carbocycles. The molecule has 5 fully saturated rings. The topological polar surface area (TPSA) is 74.0 Å². The monoisotopic (exact) mass is 457 g/mol. The van der Waals surface area contributed by atoms with E-state index in [-0.39, 0.29) is 0 Å². The Bertz CT molecular complexity index is 1050. The Kier molecular flexibility index (Phi) is 5.69. The molecule has 0 radical (unpaired) electrons. The normalized spacial score (nSPS) is 31.7. The van der Waals surface area contributed by atoms with E-state index in [4.69, 9.17) is 5.26 Å². The smallest absolute Gasteiger partial charge is 0.223 e. The van der Waals surface area contributed by atoms with Gasteiger partial charge in [-0.15, -0.1) is 0 Å². The highest BCUT2D eigenvalue weighted by Gasteiger charge is 2.51. The quantitative estimate of drug-likeness (QED) is 0.679. The molecule has 0 spiro atoms. The van der Waals surface area contributed by atoms with E-state index in [0.717, 1.165) is 68.0 Å². The SMILES string of the molecule is N#Cc1ccc(Cn2cncc2CN[C@H]2CCN(C(=O)CC34CC5CC(CC(C5)C3)C4)C2)cc1. The number of hydrogen-bond acceptors (Lipinski definition) is 4. The van der Waals surface area contributed by atoms with Gasteiger partial charge >= 0.3 is 0 Å². The van der Waals surface area contributed by atoms with Gasteiger partial charge in [0.1, 0.15) is 0 Å². The fraction of sp³-hybridized carbons (Fsp3) is 0.607. The second-order valence-electron chi connectivity index (χ2n) is 11.6. The van der Waals surface area contributed by atoms with Crippen molar-refractivity contribution in [1.29, 1.82) is 5.26 Å².